The maximum absolute atomic E-state index is 13.1. The van der Waals surface area contributed by atoms with E-state index < -0.39 is 5.82 Å². The molecule has 3 nitrogen and oxygen atoms in total. The molecular weight excluding hydrogens is 293 g/mol. The van der Waals surface area contributed by atoms with E-state index in [9.17, 15) is 4.39 Å². The number of nitrogens with one attached hydrogen (secondary N) is 1. The van der Waals surface area contributed by atoms with Gasteiger partial charge in [-0.1, -0.05) is 23.7 Å². The Labute approximate surface area is 127 Å². The zero-order valence-corrected chi connectivity index (χ0v) is 12.1. The van der Waals surface area contributed by atoms with Crippen molar-refractivity contribution in [1.82, 2.24) is 5.32 Å². The van der Waals surface area contributed by atoms with Crippen LogP contribution in [0.5, 0.6) is 11.5 Å². The first-order chi connectivity index (χ1) is 10.2. The fourth-order valence-electron chi connectivity index (χ4n) is 2.20. The molecule has 0 spiro atoms. The maximum Gasteiger partial charge on any atom is 0.161 e. The number of hydrogen-bond acceptors (Lipinski definition) is 3. The lowest BCUT2D eigenvalue weighted by atomic mass is 10.1. The minimum absolute atomic E-state index is 0.147. The van der Waals surface area contributed by atoms with Crippen molar-refractivity contribution in [1.29, 1.82) is 0 Å². The summed E-state index contributed by atoms with van der Waals surface area (Å²) in [5.74, 6) is 1.17. The minimum atomic E-state index is -0.396. The fourth-order valence-corrected chi connectivity index (χ4v) is 2.40. The van der Waals surface area contributed by atoms with Crippen LogP contribution in [0.15, 0.2) is 36.4 Å². The highest BCUT2D eigenvalue weighted by molar-refractivity contribution is 6.30. The smallest absolute Gasteiger partial charge is 0.161 e. The van der Waals surface area contributed by atoms with Gasteiger partial charge in [0.2, 0.25) is 0 Å². The molecule has 0 unspecified atom stereocenters. The van der Waals surface area contributed by atoms with Crippen molar-refractivity contribution in [2.75, 3.05) is 13.2 Å². The molecule has 0 saturated heterocycles. The van der Waals surface area contributed by atoms with Gasteiger partial charge in [0.15, 0.2) is 11.5 Å². The summed E-state index contributed by atoms with van der Waals surface area (Å²) < 4.78 is 24.1. The molecule has 0 saturated carbocycles. The summed E-state index contributed by atoms with van der Waals surface area (Å²) in [6.45, 7) is 2.48. The first-order valence-corrected chi connectivity index (χ1v) is 7.13. The number of rotatable bonds is 4. The lowest BCUT2D eigenvalue weighted by molar-refractivity contribution is 0.171. The Hall–Kier alpha value is -1.78. The van der Waals surface area contributed by atoms with Crippen LogP contribution >= 0.6 is 11.6 Å². The quantitative estimate of drug-likeness (QED) is 0.937. The Morgan fingerprint density at radius 2 is 1.62 bits per heavy atom. The monoisotopic (exact) mass is 307 g/mol. The van der Waals surface area contributed by atoms with Gasteiger partial charge < -0.3 is 14.8 Å². The SMILES string of the molecule is Fc1ccc(CNCc2ccc3c(c2)OCCO3)cc1Cl. The van der Waals surface area contributed by atoms with Crippen molar-refractivity contribution in [2.45, 2.75) is 13.1 Å². The Kier molecular flexibility index (Phi) is 4.27. The van der Waals surface area contributed by atoms with Crippen molar-refractivity contribution in [2.24, 2.45) is 0 Å². The van der Waals surface area contributed by atoms with Gasteiger partial charge in [0.05, 0.1) is 5.02 Å². The highest BCUT2D eigenvalue weighted by Crippen LogP contribution is 2.30. The van der Waals surface area contributed by atoms with Crippen LogP contribution in [0.1, 0.15) is 11.1 Å². The number of benzene rings is 2. The van der Waals surface area contributed by atoms with Crippen LogP contribution in [0, 0.1) is 5.82 Å². The Morgan fingerprint density at radius 1 is 0.952 bits per heavy atom. The topological polar surface area (TPSA) is 30.5 Å². The molecule has 0 aliphatic carbocycles. The number of hydrogen-bond donors (Lipinski definition) is 1. The molecule has 0 atom stereocenters. The van der Waals surface area contributed by atoms with Crippen molar-refractivity contribution in [3.8, 4) is 11.5 Å². The summed E-state index contributed by atoms with van der Waals surface area (Å²) in [4.78, 5) is 0. The Bertz CT molecular complexity index is 648. The van der Waals surface area contributed by atoms with E-state index in [0.29, 0.717) is 26.3 Å². The number of halogens is 2. The molecule has 110 valence electrons. The third kappa shape index (κ3) is 3.46. The van der Waals surface area contributed by atoms with Crippen molar-refractivity contribution in [3.05, 3.63) is 58.4 Å². The molecule has 21 heavy (non-hydrogen) atoms. The van der Waals surface area contributed by atoms with Gasteiger partial charge >= 0.3 is 0 Å². The molecule has 0 fully saturated rings. The predicted molar refractivity (Wildman–Crippen MR) is 79.4 cm³/mol. The zero-order valence-electron chi connectivity index (χ0n) is 11.4. The van der Waals surface area contributed by atoms with Gasteiger partial charge in [0.1, 0.15) is 19.0 Å². The van der Waals surface area contributed by atoms with Crippen LogP contribution in [-0.2, 0) is 13.1 Å². The van der Waals surface area contributed by atoms with E-state index in [0.717, 1.165) is 22.6 Å². The van der Waals surface area contributed by atoms with Crippen LogP contribution in [0.25, 0.3) is 0 Å². The molecule has 1 N–H and O–H groups in total. The molecule has 1 heterocycles. The van der Waals surface area contributed by atoms with Gasteiger partial charge in [-0.25, -0.2) is 4.39 Å². The van der Waals surface area contributed by atoms with Crippen LogP contribution in [-0.4, -0.2) is 13.2 Å². The zero-order chi connectivity index (χ0) is 14.7. The summed E-state index contributed by atoms with van der Waals surface area (Å²) in [5.41, 5.74) is 2.05. The van der Waals surface area contributed by atoms with E-state index in [2.05, 4.69) is 5.32 Å². The maximum atomic E-state index is 13.1. The average molecular weight is 308 g/mol. The fraction of sp³-hybridized carbons (Fsp3) is 0.250. The number of fused-ring (bicyclic) bond motifs is 1. The molecule has 3 rings (SSSR count). The van der Waals surface area contributed by atoms with E-state index in [1.165, 1.54) is 6.07 Å². The van der Waals surface area contributed by atoms with Crippen molar-refractivity contribution < 1.29 is 13.9 Å². The van der Waals surface area contributed by atoms with Crippen LogP contribution in [0.2, 0.25) is 5.02 Å². The molecule has 0 bridgehead atoms. The molecule has 1 aliphatic rings. The van der Waals surface area contributed by atoms with Crippen LogP contribution in [0.3, 0.4) is 0 Å². The van der Waals surface area contributed by atoms with Crippen molar-refractivity contribution in [3.63, 3.8) is 0 Å². The lowest BCUT2D eigenvalue weighted by Gasteiger charge is -2.19. The lowest BCUT2D eigenvalue weighted by Crippen LogP contribution is -2.16. The number of ether oxygens (including phenoxy) is 2. The first-order valence-electron chi connectivity index (χ1n) is 6.75. The Balaban J connectivity index is 1.58. The largest absolute Gasteiger partial charge is 0.486 e. The normalized spacial score (nSPS) is 13.2. The molecule has 2 aromatic carbocycles. The van der Waals surface area contributed by atoms with Crippen LogP contribution < -0.4 is 14.8 Å². The highest BCUT2D eigenvalue weighted by atomic mass is 35.5. The molecule has 0 amide bonds. The Morgan fingerprint density at radius 3 is 2.38 bits per heavy atom. The van der Waals surface area contributed by atoms with E-state index in [4.69, 9.17) is 21.1 Å². The van der Waals surface area contributed by atoms with Gasteiger partial charge in [-0.05, 0) is 35.4 Å². The summed E-state index contributed by atoms with van der Waals surface area (Å²) in [7, 11) is 0. The van der Waals surface area contributed by atoms with E-state index in [1.807, 2.05) is 18.2 Å². The minimum Gasteiger partial charge on any atom is -0.486 e. The highest BCUT2D eigenvalue weighted by Gasteiger charge is 2.11. The van der Waals surface area contributed by atoms with E-state index >= 15 is 0 Å². The second-order valence-electron chi connectivity index (χ2n) is 4.83. The van der Waals surface area contributed by atoms with Gasteiger partial charge in [-0.15, -0.1) is 0 Å². The van der Waals surface area contributed by atoms with Crippen LogP contribution in [0.4, 0.5) is 4.39 Å². The van der Waals surface area contributed by atoms with Gasteiger partial charge in [-0.3, -0.25) is 0 Å². The summed E-state index contributed by atoms with van der Waals surface area (Å²) >= 11 is 5.76. The standard InChI is InChI=1S/C16H15ClFNO2/c17-13-7-11(1-3-14(13)18)9-19-10-12-2-4-15-16(8-12)21-6-5-20-15/h1-4,7-8,19H,5-6,9-10H2. The predicted octanol–water partition coefficient (Wildman–Crippen LogP) is 3.54. The van der Waals surface area contributed by atoms with E-state index in [1.54, 1.807) is 12.1 Å². The third-order valence-electron chi connectivity index (χ3n) is 3.25. The third-order valence-corrected chi connectivity index (χ3v) is 3.54. The van der Waals surface area contributed by atoms with Crippen molar-refractivity contribution >= 4 is 11.6 Å². The average Bonchev–Trinajstić information content (AvgIpc) is 2.51. The molecule has 5 heteroatoms. The molecule has 1 aliphatic heterocycles. The van der Waals surface area contributed by atoms with Gasteiger partial charge in [0, 0.05) is 13.1 Å². The second kappa shape index (κ2) is 6.33. The summed E-state index contributed by atoms with van der Waals surface area (Å²) in [6.07, 6.45) is 0. The van der Waals surface area contributed by atoms with Gasteiger partial charge in [-0.2, -0.15) is 0 Å². The molecule has 0 aromatic heterocycles. The van der Waals surface area contributed by atoms with Gasteiger partial charge in [0.25, 0.3) is 0 Å². The van der Waals surface area contributed by atoms with E-state index in [-0.39, 0.29) is 5.02 Å². The second-order valence-corrected chi connectivity index (χ2v) is 5.24. The molecule has 2 aromatic rings. The molecular formula is C16H15ClFNO2. The molecule has 0 radical (unpaired) electrons. The first kappa shape index (κ1) is 14.2. The summed E-state index contributed by atoms with van der Waals surface area (Å²) in [6, 6.07) is 10.6. The summed E-state index contributed by atoms with van der Waals surface area (Å²) in [5, 5.41) is 3.44.